The monoisotopic (exact) mass is 360 g/mol. The Labute approximate surface area is 142 Å². The highest BCUT2D eigenvalue weighted by atomic mass is 32.2. The molecule has 0 radical (unpaired) electrons. The highest BCUT2D eigenvalue weighted by Crippen LogP contribution is 2.23. The van der Waals surface area contributed by atoms with E-state index in [9.17, 15) is 18.5 Å². The fourth-order valence-electron chi connectivity index (χ4n) is 2.12. The number of nitro benzene ring substituents is 1. The Morgan fingerprint density at radius 3 is 2.72 bits per heavy atom. The Kier molecular flexibility index (Phi) is 4.15. The first-order valence-electron chi connectivity index (χ1n) is 6.95. The molecule has 0 saturated carbocycles. The quantitative estimate of drug-likeness (QED) is 0.540. The minimum Gasteiger partial charge on any atom is -0.290 e. The van der Waals surface area contributed by atoms with E-state index in [1.165, 1.54) is 30.9 Å². The fourth-order valence-corrected chi connectivity index (χ4v) is 3.39. The van der Waals surface area contributed by atoms with Gasteiger partial charge >= 0.3 is 0 Å². The average Bonchev–Trinajstić information content (AvgIpc) is 3.09. The van der Waals surface area contributed by atoms with Crippen LogP contribution in [0.3, 0.4) is 0 Å². The lowest BCUT2D eigenvalue weighted by Gasteiger charge is -2.10. The maximum absolute atomic E-state index is 12.6. The first-order valence-corrected chi connectivity index (χ1v) is 8.43. The molecule has 128 valence electrons. The Hall–Kier alpha value is -3.34. The first-order chi connectivity index (χ1) is 11.9. The summed E-state index contributed by atoms with van der Waals surface area (Å²) in [6.45, 7) is 1.55. The summed E-state index contributed by atoms with van der Waals surface area (Å²) in [5, 5.41) is 10.9. The topological polar surface area (TPSA) is 133 Å². The summed E-state index contributed by atoms with van der Waals surface area (Å²) in [5.41, 5.74) is 0.0646. The van der Waals surface area contributed by atoms with Crippen LogP contribution in [-0.4, -0.2) is 32.9 Å². The number of rotatable bonds is 5. The standard InChI is InChI=1S/C14H12N6O4S/c1-10-2-3-11(20(21)22)6-12(10)25(23,24)18-13-7-14(17-8-16-13)19-5-4-15-9-19/h2-9H,1H3,(H,16,17,18). The highest BCUT2D eigenvalue weighted by molar-refractivity contribution is 7.92. The number of aromatic nitrogens is 4. The zero-order valence-electron chi connectivity index (χ0n) is 12.9. The van der Waals surface area contributed by atoms with Crippen molar-refractivity contribution in [3.05, 3.63) is 65.0 Å². The van der Waals surface area contributed by atoms with Gasteiger partial charge in [-0.2, -0.15) is 0 Å². The number of nitrogens with zero attached hydrogens (tertiary/aromatic N) is 5. The lowest BCUT2D eigenvalue weighted by molar-refractivity contribution is -0.385. The van der Waals surface area contributed by atoms with Gasteiger partial charge < -0.3 is 0 Å². The molecule has 3 aromatic rings. The van der Waals surface area contributed by atoms with Crippen molar-refractivity contribution in [2.24, 2.45) is 0 Å². The van der Waals surface area contributed by atoms with Gasteiger partial charge in [-0.3, -0.25) is 19.4 Å². The van der Waals surface area contributed by atoms with Crippen LogP contribution in [-0.2, 0) is 10.0 Å². The predicted molar refractivity (Wildman–Crippen MR) is 87.8 cm³/mol. The van der Waals surface area contributed by atoms with E-state index in [4.69, 9.17) is 0 Å². The number of aryl methyl sites for hydroxylation is 1. The molecule has 0 amide bonds. The molecule has 0 unspecified atom stereocenters. The van der Waals surface area contributed by atoms with Crippen molar-refractivity contribution < 1.29 is 13.3 Å². The molecular weight excluding hydrogens is 348 g/mol. The Bertz CT molecular complexity index is 1030. The summed E-state index contributed by atoms with van der Waals surface area (Å²) < 4.78 is 29.1. The van der Waals surface area contributed by atoms with Crippen molar-refractivity contribution in [1.29, 1.82) is 0 Å². The number of benzene rings is 1. The number of nitro groups is 1. The van der Waals surface area contributed by atoms with Gasteiger partial charge in [-0.25, -0.2) is 23.4 Å². The van der Waals surface area contributed by atoms with Crippen molar-refractivity contribution in [3.63, 3.8) is 0 Å². The summed E-state index contributed by atoms with van der Waals surface area (Å²) >= 11 is 0. The minimum atomic E-state index is -4.06. The molecule has 0 aliphatic rings. The maximum atomic E-state index is 12.6. The van der Waals surface area contributed by atoms with E-state index >= 15 is 0 Å². The van der Waals surface area contributed by atoms with E-state index in [2.05, 4.69) is 19.7 Å². The van der Waals surface area contributed by atoms with Crippen LogP contribution in [0, 0.1) is 17.0 Å². The molecule has 1 N–H and O–H groups in total. The van der Waals surface area contributed by atoms with Crippen molar-refractivity contribution >= 4 is 21.5 Å². The van der Waals surface area contributed by atoms with Gasteiger partial charge in [0.2, 0.25) is 0 Å². The van der Waals surface area contributed by atoms with E-state index in [-0.39, 0.29) is 16.4 Å². The molecule has 0 aliphatic carbocycles. The van der Waals surface area contributed by atoms with Crippen LogP contribution in [0.25, 0.3) is 5.82 Å². The summed E-state index contributed by atoms with van der Waals surface area (Å²) in [6, 6.07) is 5.06. The van der Waals surface area contributed by atoms with E-state index < -0.39 is 14.9 Å². The molecule has 0 bridgehead atoms. The number of hydrogen-bond acceptors (Lipinski definition) is 7. The van der Waals surface area contributed by atoms with Gasteiger partial charge in [0.25, 0.3) is 15.7 Å². The molecule has 25 heavy (non-hydrogen) atoms. The van der Waals surface area contributed by atoms with Gasteiger partial charge in [-0.05, 0) is 12.5 Å². The molecule has 2 aromatic heterocycles. The largest absolute Gasteiger partial charge is 0.290 e. The van der Waals surface area contributed by atoms with E-state index in [1.807, 2.05) is 0 Å². The summed E-state index contributed by atoms with van der Waals surface area (Å²) in [7, 11) is -4.06. The minimum absolute atomic E-state index is 0.0320. The van der Waals surface area contributed by atoms with Gasteiger partial charge in [-0.15, -0.1) is 0 Å². The molecule has 0 spiro atoms. The Morgan fingerprint density at radius 1 is 1.24 bits per heavy atom. The zero-order chi connectivity index (χ0) is 18.0. The third kappa shape index (κ3) is 3.45. The molecule has 1 aromatic carbocycles. The highest BCUT2D eigenvalue weighted by Gasteiger charge is 2.21. The fraction of sp³-hybridized carbons (Fsp3) is 0.0714. The van der Waals surface area contributed by atoms with E-state index in [0.717, 1.165) is 6.07 Å². The smallest absolute Gasteiger partial charge is 0.270 e. The molecule has 0 fully saturated rings. The second kappa shape index (κ2) is 6.28. The molecule has 10 nitrogen and oxygen atoms in total. The predicted octanol–water partition coefficient (Wildman–Crippen LogP) is 1.68. The van der Waals surface area contributed by atoms with Crippen LogP contribution in [0.1, 0.15) is 5.56 Å². The SMILES string of the molecule is Cc1ccc([N+](=O)[O-])cc1S(=O)(=O)Nc1cc(-n2ccnc2)ncn1. The van der Waals surface area contributed by atoms with Crippen molar-refractivity contribution in [3.8, 4) is 5.82 Å². The van der Waals surface area contributed by atoms with Crippen molar-refractivity contribution in [2.75, 3.05) is 4.72 Å². The van der Waals surface area contributed by atoms with E-state index in [0.29, 0.717) is 11.4 Å². The lowest BCUT2D eigenvalue weighted by Crippen LogP contribution is -2.16. The van der Waals surface area contributed by atoms with Gasteiger partial charge in [0.05, 0.1) is 9.82 Å². The third-order valence-corrected chi connectivity index (χ3v) is 4.83. The second-order valence-electron chi connectivity index (χ2n) is 5.04. The first kappa shape index (κ1) is 16.5. The van der Waals surface area contributed by atoms with Gasteiger partial charge in [0.1, 0.15) is 24.3 Å². The number of imidazole rings is 1. The molecule has 0 saturated heterocycles. The van der Waals surface area contributed by atoms with Crippen LogP contribution in [0.5, 0.6) is 0 Å². The van der Waals surface area contributed by atoms with Crippen LogP contribution < -0.4 is 4.72 Å². The van der Waals surface area contributed by atoms with Gasteiger partial charge in [-0.1, -0.05) is 6.07 Å². The van der Waals surface area contributed by atoms with Crippen LogP contribution in [0.2, 0.25) is 0 Å². The van der Waals surface area contributed by atoms with Crippen LogP contribution in [0.4, 0.5) is 11.5 Å². The maximum Gasteiger partial charge on any atom is 0.270 e. The number of anilines is 1. The zero-order valence-corrected chi connectivity index (χ0v) is 13.7. The molecule has 0 atom stereocenters. The summed E-state index contributed by atoms with van der Waals surface area (Å²) in [6.07, 6.45) is 5.91. The van der Waals surface area contributed by atoms with Crippen molar-refractivity contribution in [1.82, 2.24) is 19.5 Å². The van der Waals surface area contributed by atoms with Gasteiger partial charge in [0.15, 0.2) is 0 Å². The van der Waals surface area contributed by atoms with Gasteiger partial charge in [0, 0.05) is 30.6 Å². The van der Waals surface area contributed by atoms with Crippen molar-refractivity contribution in [2.45, 2.75) is 11.8 Å². The third-order valence-electron chi connectivity index (χ3n) is 3.33. The molecule has 3 rings (SSSR count). The summed E-state index contributed by atoms with van der Waals surface area (Å²) in [4.78, 5) is 21.8. The molecule has 11 heteroatoms. The van der Waals surface area contributed by atoms with Crippen LogP contribution in [0.15, 0.2) is 54.2 Å². The average molecular weight is 360 g/mol. The summed E-state index contributed by atoms with van der Waals surface area (Å²) in [5.74, 6) is 0.450. The normalized spacial score (nSPS) is 11.2. The molecular formula is C14H12N6O4S. The number of nitrogens with one attached hydrogen (secondary N) is 1. The number of non-ortho nitro benzene ring substituents is 1. The second-order valence-corrected chi connectivity index (χ2v) is 6.69. The molecule has 2 heterocycles. The lowest BCUT2D eigenvalue weighted by atomic mass is 10.2. The van der Waals surface area contributed by atoms with Crippen LogP contribution >= 0.6 is 0 Å². The molecule has 0 aliphatic heterocycles. The number of hydrogen-bond donors (Lipinski definition) is 1. The Balaban J connectivity index is 1.96. The van der Waals surface area contributed by atoms with E-state index in [1.54, 1.807) is 23.9 Å². The Morgan fingerprint density at radius 2 is 2.04 bits per heavy atom. The number of sulfonamides is 1.